The molecule has 17 heavy (non-hydrogen) atoms. The third kappa shape index (κ3) is 4.15. The lowest BCUT2D eigenvalue weighted by molar-refractivity contribution is -0.114. The summed E-state index contributed by atoms with van der Waals surface area (Å²) >= 11 is 2.96. The summed E-state index contributed by atoms with van der Waals surface area (Å²) in [5, 5.41) is 1.45. The maximum absolute atomic E-state index is 10.9. The molecule has 0 aliphatic carbocycles. The molecule has 0 unspecified atom stereocenters. The summed E-state index contributed by atoms with van der Waals surface area (Å²) in [7, 11) is 0. The molecule has 4 heteroatoms. The smallest absolute Gasteiger partial charge is 0.194 e. The number of ketones is 2. The van der Waals surface area contributed by atoms with Crippen molar-refractivity contribution in [1.29, 1.82) is 0 Å². The summed E-state index contributed by atoms with van der Waals surface area (Å²) in [6.45, 7) is 3.03. The number of alkyl halides is 1. The predicted molar refractivity (Wildman–Crippen MR) is 70.7 cm³/mol. The van der Waals surface area contributed by atoms with Crippen LogP contribution in [0.25, 0.3) is 11.0 Å². The molecule has 0 aliphatic rings. The van der Waals surface area contributed by atoms with Crippen molar-refractivity contribution in [3.8, 4) is 0 Å². The Morgan fingerprint density at radius 1 is 1.24 bits per heavy atom. The van der Waals surface area contributed by atoms with Gasteiger partial charge in [0.15, 0.2) is 11.5 Å². The lowest BCUT2D eigenvalue weighted by Crippen LogP contribution is -1.85. The van der Waals surface area contributed by atoms with Crippen LogP contribution in [-0.4, -0.2) is 16.9 Å². The average molecular weight is 297 g/mol. The molecule has 0 spiro atoms. The number of rotatable bonds is 2. The van der Waals surface area contributed by atoms with Gasteiger partial charge in [0.25, 0.3) is 0 Å². The van der Waals surface area contributed by atoms with Crippen LogP contribution in [0.1, 0.15) is 24.4 Å². The number of fused-ring (bicyclic) bond motifs is 1. The molecule has 0 radical (unpaired) electrons. The van der Waals surface area contributed by atoms with Crippen molar-refractivity contribution in [2.75, 3.05) is 5.33 Å². The molecule has 2 rings (SSSR count). The lowest BCUT2D eigenvalue weighted by Gasteiger charge is -1.83. The summed E-state index contributed by atoms with van der Waals surface area (Å²) in [6, 6.07) is 9.34. The van der Waals surface area contributed by atoms with Crippen LogP contribution in [0.15, 0.2) is 34.7 Å². The van der Waals surface area contributed by atoms with Gasteiger partial charge >= 0.3 is 0 Å². The van der Waals surface area contributed by atoms with E-state index in [1.807, 2.05) is 24.3 Å². The second-order valence-corrected chi connectivity index (χ2v) is 4.10. The second kappa shape index (κ2) is 6.35. The van der Waals surface area contributed by atoms with Crippen LogP contribution in [0.2, 0.25) is 0 Å². The number of para-hydroxylation sites is 1. The van der Waals surface area contributed by atoms with Gasteiger partial charge in [-0.05, 0) is 19.1 Å². The average Bonchev–Trinajstić information content (AvgIpc) is 2.73. The number of benzene rings is 1. The fourth-order valence-electron chi connectivity index (χ4n) is 1.16. The molecule has 0 fully saturated rings. The second-order valence-electron chi connectivity index (χ2n) is 3.54. The van der Waals surface area contributed by atoms with Crippen LogP contribution in [0.4, 0.5) is 0 Å². The number of Topliss-reactive ketones (excluding diaryl/α,β-unsaturated/α-hetero) is 2. The summed E-state index contributed by atoms with van der Waals surface area (Å²) in [6.07, 6.45) is 0. The van der Waals surface area contributed by atoms with Crippen molar-refractivity contribution in [1.82, 2.24) is 0 Å². The van der Waals surface area contributed by atoms with E-state index in [0.29, 0.717) is 11.1 Å². The molecular weight excluding hydrogens is 284 g/mol. The number of hydrogen-bond acceptors (Lipinski definition) is 3. The van der Waals surface area contributed by atoms with Gasteiger partial charge in [0.1, 0.15) is 11.4 Å². The highest BCUT2D eigenvalue weighted by atomic mass is 79.9. The molecular formula is C13H13BrO3. The van der Waals surface area contributed by atoms with Crippen LogP contribution in [0, 0.1) is 0 Å². The number of carbonyl (C=O) groups excluding carboxylic acids is 2. The molecule has 0 amide bonds. The Morgan fingerprint density at radius 3 is 2.29 bits per heavy atom. The third-order valence-electron chi connectivity index (χ3n) is 1.96. The summed E-state index contributed by atoms with van der Waals surface area (Å²) in [5.41, 5.74) is 0.766. The number of halogens is 1. The van der Waals surface area contributed by atoms with E-state index in [4.69, 9.17) is 4.42 Å². The zero-order chi connectivity index (χ0) is 12.8. The normalized spacial score (nSPS) is 9.59. The van der Waals surface area contributed by atoms with Crippen LogP contribution >= 0.6 is 15.9 Å². The first-order chi connectivity index (χ1) is 8.04. The summed E-state index contributed by atoms with van der Waals surface area (Å²) < 4.78 is 5.28. The maximum atomic E-state index is 10.9. The first-order valence-electron chi connectivity index (χ1n) is 5.09. The molecule has 0 atom stereocenters. The van der Waals surface area contributed by atoms with Crippen LogP contribution in [0.3, 0.4) is 0 Å². The Balaban J connectivity index is 0.000000249. The van der Waals surface area contributed by atoms with Gasteiger partial charge in [0, 0.05) is 12.3 Å². The van der Waals surface area contributed by atoms with E-state index in [1.54, 1.807) is 6.07 Å². The van der Waals surface area contributed by atoms with Crippen LogP contribution in [0.5, 0.6) is 0 Å². The molecule has 3 nitrogen and oxygen atoms in total. The fourth-order valence-corrected chi connectivity index (χ4v) is 1.16. The molecule has 1 heterocycles. The van der Waals surface area contributed by atoms with E-state index >= 15 is 0 Å². The highest BCUT2D eigenvalue weighted by molar-refractivity contribution is 9.09. The van der Waals surface area contributed by atoms with E-state index < -0.39 is 0 Å². The van der Waals surface area contributed by atoms with Crippen molar-refractivity contribution < 1.29 is 14.0 Å². The molecule has 0 N–H and O–H groups in total. The van der Waals surface area contributed by atoms with Crippen LogP contribution in [-0.2, 0) is 4.79 Å². The van der Waals surface area contributed by atoms with E-state index in [9.17, 15) is 9.59 Å². The Labute approximate surface area is 108 Å². The van der Waals surface area contributed by atoms with Crippen LogP contribution < -0.4 is 0 Å². The van der Waals surface area contributed by atoms with Gasteiger partial charge in [-0.1, -0.05) is 34.1 Å². The quantitative estimate of drug-likeness (QED) is 0.628. The van der Waals surface area contributed by atoms with Crippen molar-refractivity contribution in [3.63, 3.8) is 0 Å². The van der Waals surface area contributed by atoms with E-state index in [0.717, 1.165) is 11.0 Å². The summed E-state index contributed by atoms with van der Waals surface area (Å²) in [5.74, 6) is 0.562. The highest BCUT2D eigenvalue weighted by Crippen LogP contribution is 2.18. The minimum absolute atomic E-state index is 0.0359. The van der Waals surface area contributed by atoms with Gasteiger partial charge in [-0.3, -0.25) is 9.59 Å². The minimum Gasteiger partial charge on any atom is -0.453 e. The van der Waals surface area contributed by atoms with Crippen molar-refractivity contribution in [2.45, 2.75) is 13.8 Å². The topological polar surface area (TPSA) is 47.3 Å². The van der Waals surface area contributed by atoms with Gasteiger partial charge < -0.3 is 4.42 Å². The van der Waals surface area contributed by atoms with Gasteiger partial charge in [0.05, 0.1) is 5.33 Å². The van der Waals surface area contributed by atoms with Crippen molar-refractivity contribution >= 4 is 38.5 Å². The largest absolute Gasteiger partial charge is 0.453 e. The number of furan rings is 1. The fraction of sp³-hybridized carbons (Fsp3) is 0.231. The molecule has 2 aromatic rings. The van der Waals surface area contributed by atoms with Crippen molar-refractivity contribution in [2.24, 2.45) is 0 Å². The van der Waals surface area contributed by atoms with E-state index in [-0.39, 0.29) is 11.6 Å². The Hall–Kier alpha value is -1.42. The molecule has 0 aliphatic heterocycles. The lowest BCUT2D eigenvalue weighted by atomic mass is 10.2. The van der Waals surface area contributed by atoms with Gasteiger partial charge in [-0.2, -0.15) is 0 Å². The van der Waals surface area contributed by atoms with E-state index in [1.165, 1.54) is 13.8 Å². The number of carbonyl (C=O) groups is 2. The monoisotopic (exact) mass is 296 g/mol. The molecule has 0 bridgehead atoms. The molecule has 0 saturated carbocycles. The Kier molecular flexibility index (Phi) is 5.10. The first kappa shape index (κ1) is 13.6. The Bertz CT molecular complexity index is 495. The zero-order valence-corrected chi connectivity index (χ0v) is 11.3. The minimum atomic E-state index is -0.0359. The SMILES string of the molecule is CC(=O)CBr.CC(=O)c1cc2ccccc2o1. The predicted octanol–water partition coefficient (Wildman–Crippen LogP) is 3.61. The van der Waals surface area contributed by atoms with Gasteiger partial charge in [0.2, 0.25) is 0 Å². The Morgan fingerprint density at radius 2 is 1.82 bits per heavy atom. The standard InChI is InChI=1S/C10H8O2.C3H5BrO/c1-7(11)10-6-8-4-2-3-5-9(8)12-10;1-3(5)2-4/h2-6H,1H3;2H2,1H3. The number of hydrogen-bond donors (Lipinski definition) is 0. The molecule has 1 aromatic heterocycles. The highest BCUT2D eigenvalue weighted by Gasteiger charge is 2.05. The van der Waals surface area contributed by atoms with E-state index in [2.05, 4.69) is 15.9 Å². The summed E-state index contributed by atoms with van der Waals surface area (Å²) in [4.78, 5) is 20.7. The zero-order valence-electron chi connectivity index (χ0n) is 9.70. The molecule has 1 aromatic carbocycles. The maximum Gasteiger partial charge on any atom is 0.194 e. The molecule has 90 valence electrons. The van der Waals surface area contributed by atoms with Gasteiger partial charge in [-0.25, -0.2) is 0 Å². The third-order valence-corrected chi connectivity index (χ3v) is 2.75. The van der Waals surface area contributed by atoms with Crippen molar-refractivity contribution in [3.05, 3.63) is 36.1 Å². The molecule has 0 saturated heterocycles. The first-order valence-corrected chi connectivity index (χ1v) is 6.21. The van der Waals surface area contributed by atoms with Gasteiger partial charge in [-0.15, -0.1) is 0 Å².